The van der Waals surface area contributed by atoms with Crippen LogP contribution in [0.3, 0.4) is 0 Å². The highest BCUT2D eigenvalue weighted by Gasteiger charge is 2.28. The van der Waals surface area contributed by atoms with E-state index in [1.165, 1.54) is 26.2 Å². The number of nitrogens with one attached hydrogen (secondary N) is 1. The molecule has 3 N–H and O–H groups in total. The van der Waals surface area contributed by atoms with Crippen LogP contribution in [0.25, 0.3) is 0 Å². The topological polar surface area (TPSA) is 125 Å². The summed E-state index contributed by atoms with van der Waals surface area (Å²) in [6.07, 6.45) is 0.818. The van der Waals surface area contributed by atoms with Gasteiger partial charge in [-0.05, 0) is 38.0 Å². The molecule has 0 spiro atoms. The minimum atomic E-state index is -3.98. The SMILES string of the molecule is COc1ccc(S(N)(=O)=O)cc1C(=O)OC(C)C(=O)NC1CC1. The van der Waals surface area contributed by atoms with Crippen LogP contribution < -0.4 is 15.2 Å². The van der Waals surface area contributed by atoms with E-state index in [-0.39, 0.29) is 22.3 Å². The van der Waals surface area contributed by atoms with Crippen molar-refractivity contribution in [1.29, 1.82) is 0 Å². The summed E-state index contributed by atoms with van der Waals surface area (Å²) in [4.78, 5) is 23.8. The number of hydrogen-bond acceptors (Lipinski definition) is 6. The van der Waals surface area contributed by atoms with Crippen LogP contribution in [-0.4, -0.2) is 39.5 Å². The second-order valence-corrected chi connectivity index (χ2v) is 6.80. The number of sulfonamides is 1. The van der Waals surface area contributed by atoms with Gasteiger partial charge in [-0.25, -0.2) is 18.4 Å². The van der Waals surface area contributed by atoms with E-state index >= 15 is 0 Å². The Bertz CT molecular complexity index is 727. The predicted octanol–water partition coefficient (Wildman–Crippen LogP) is 0.166. The molecule has 1 amide bonds. The lowest BCUT2D eigenvalue weighted by Gasteiger charge is -2.15. The lowest BCUT2D eigenvalue weighted by atomic mass is 10.2. The third-order valence-corrected chi connectivity index (χ3v) is 4.21. The van der Waals surface area contributed by atoms with Gasteiger partial charge in [0, 0.05) is 6.04 Å². The van der Waals surface area contributed by atoms with Crippen molar-refractivity contribution in [2.45, 2.75) is 36.8 Å². The van der Waals surface area contributed by atoms with Crippen LogP contribution in [0, 0.1) is 0 Å². The molecule has 1 unspecified atom stereocenters. The van der Waals surface area contributed by atoms with Crippen LogP contribution in [-0.2, 0) is 19.6 Å². The number of carbonyl (C=O) groups excluding carboxylic acids is 2. The summed E-state index contributed by atoms with van der Waals surface area (Å²) in [5.41, 5.74) is -0.120. The largest absolute Gasteiger partial charge is 0.496 e. The number of nitrogens with two attached hydrogens (primary N) is 1. The van der Waals surface area contributed by atoms with Crippen molar-refractivity contribution in [3.63, 3.8) is 0 Å². The summed E-state index contributed by atoms with van der Waals surface area (Å²) in [5.74, 6) is -1.15. The van der Waals surface area contributed by atoms with Gasteiger partial charge in [0.05, 0.1) is 12.0 Å². The Balaban J connectivity index is 2.18. The van der Waals surface area contributed by atoms with Gasteiger partial charge >= 0.3 is 5.97 Å². The number of ether oxygens (including phenoxy) is 2. The molecule has 1 aliphatic rings. The number of hydrogen-bond donors (Lipinski definition) is 2. The van der Waals surface area contributed by atoms with Gasteiger partial charge in [0.25, 0.3) is 5.91 Å². The number of esters is 1. The minimum absolute atomic E-state index is 0.120. The second kappa shape index (κ2) is 6.55. The molecule has 1 aliphatic carbocycles. The van der Waals surface area contributed by atoms with Crippen LogP contribution in [0.4, 0.5) is 0 Å². The summed E-state index contributed by atoms with van der Waals surface area (Å²) in [7, 11) is -2.65. The van der Waals surface area contributed by atoms with Crippen LogP contribution in [0.1, 0.15) is 30.1 Å². The molecular formula is C14H18N2O6S. The first-order valence-electron chi connectivity index (χ1n) is 6.94. The normalized spacial score (nSPS) is 15.6. The molecule has 126 valence electrons. The van der Waals surface area contributed by atoms with Crippen molar-refractivity contribution < 1.29 is 27.5 Å². The average Bonchev–Trinajstić information content (AvgIpc) is 3.29. The zero-order valence-corrected chi connectivity index (χ0v) is 13.6. The fraction of sp³-hybridized carbons (Fsp3) is 0.429. The molecular weight excluding hydrogens is 324 g/mol. The van der Waals surface area contributed by atoms with E-state index in [2.05, 4.69) is 5.32 Å². The number of amides is 1. The second-order valence-electron chi connectivity index (χ2n) is 5.24. The molecule has 1 fully saturated rings. The van der Waals surface area contributed by atoms with E-state index in [0.717, 1.165) is 18.9 Å². The Morgan fingerprint density at radius 2 is 2.00 bits per heavy atom. The van der Waals surface area contributed by atoms with E-state index in [1.807, 2.05) is 0 Å². The molecule has 0 bridgehead atoms. The molecule has 1 saturated carbocycles. The maximum Gasteiger partial charge on any atom is 0.342 e. The maximum atomic E-state index is 12.2. The molecule has 0 radical (unpaired) electrons. The predicted molar refractivity (Wildman–Crippen MR) is 80.4 cm³/mol. The Kier molecular flexibility index (Phi) is 4.90. The lowest BCUT2D eigenvalue weighted by molar-refractivity contribution is -0.129. The van der Waals surface area contributed by atoms with Crippen LogP contribution in [0.2, 0.25) is 0 Å². The van der Waals surface area contributed by atoms with Crippen molar-refractivity contribution in [3.05, 3.63) is 23.8 Å². The third-order valence-electron chi connectivity index (χ3n) is 3.30. The molecule has 0 aliphatic heterocycles. The van der Waals surface area contributed by atoms with Crippen LogP contribution in [0.15, 0.2) is 23.1 Å². The van der Waals surface area contributed by atoms with Gasteiger partial charge in [0.1, 0.15) is 11.3 Å². The maximum absolute atomic E-state index is 12.2. The molecule has 2 rings (SSSR count). The summed E-state index contributed by atoms with van der Waals surface area (Å²) in [5, 5.41) is 7.76. The molecule has 8 nitrogen and oxygen atoms in total. The van der Waals surface area contributed by atoms with Crippen molar-refractivity contribution in [3.8, 4) is 5.75 Å². The highest BCUT2D eigenvalue weighted by Crippen LogP contribution is 2.23. The van der Waals surface area contributed by atoms with Crippen LogP contribution >= 0.6 is 0 Å². The molecule has 0 saturated heterocycles. The first-order valence-corrected chi connectivity index (χ1v) is 8.49. The number of primary sulfonamides is 1. The highest BCUT2D eigenvalue weighted by atomic mass is 32.2. The standard InChI is InChI=1S/C14H18N2O6S/c1-8(13(17)16-9-3-4-9)22-14(18)11-7-10(23(15,19)20)5-6-12(11)21-2/h5-9H,3-4H2,1-2H3,(H,16,17)(H2,15,19,20). The van der Waals surface area contributed by atoms with Gasteiger partial charge in [-0.15, -0.1) is 0 Å². The quantitative estimate of drug-likeness (QED) is 0.710. The van der Waals surface area contributed by atoms with E-state index in [4.69, 9.17) is 14.6 Å². The smallest absolute Gasteiger partial charge is 0.342 e. The molecule has 23 heavy (non-hydrogen) atoms. The molecule has 9 heteroatoms. The first kappa shape index (κ1) is 17.2. The summed E-state index contributed by atoms with van der Waals surface area (Å²) >= 11 is 0. The van der Waals surface area contributed by atoms with Crippen molar-refractivity contribution in [2.24, 2.45) is 5.14 Å². The van der Waals surface area contributed by atoms with Gasteiger partial charge < -0.3 is 14.8 Å². The Morgan fingerprint density at radius 1 is 1.35 bits per heavy atom. The molecule has 1 atom stereocenters. The summed E-state index contributed by atoms with van der Waals surface area (Å²) in [6.45, 7) is 1.44. The molecule has 1 aromatic rings. The number of rotatable bonds is 6. The van der Waals surface area contributed by atoms with E-state index in [9.17, 15) is 18.0 Å². The Hall–Kier alpha value is -2.13. The zero-order chi connectivity index (χ0) is 17.2. The number of carbonyl (C=O) groups is 2. The summed E-state index contributed by atoms with van der Waals surface area (Å²) < 4.78 is 32.9. The van der Waals surface area contributed by atoms with Crippen molar-refractivity contribution >= 4 is 21.9 Å². The fourth-order valence-corrected chi connectivity index (χ4v) is 2.39. The molecule has 0 aromatic heterocycles. The van der Waals surface area contributed by atoms with Gasteiger partial charge in [-0.3, -0.25) is 4.79 Å². The van der Waals surface area contributed by atoms with E-state index in [1.54, 1.807) is 0 Å². The zero-order valence-electron chi connectivity index (χ0n) is 12.7. The van der Waals surface area contributed by atoms with Gasteiger partial charge in [-0.2, -0.15) is 0 Å². The Labute approximate surface area is 134 Å². The molecule has 1 aromatic carbocycles. The van der Waals surface area contributed by atoms with Gasteiger partial charge in [-0.1, -0.05) is 0 Å². The monoisotopic (exact) mass is 342 g/mol. The van der Waals surface area contributed by atoms with E-state index in [0.29, 0.717) is 0 Å². The van der Waals surface area contributed by atoms with Crippen molar-refractivity contribution in [1.82, 2.24) is 5.32 Å². The third kappa shape index (κ3) is 4.42. The fourth-order valence-electron chi connectivity index (χ4n) is 1.85. The van der Waals surface area contributed by atoms with Crippen LogP contribution in [0.5, 0.6) is 5.75 Å². The lowest BCUT2D eigenvalue weighted by Crippen LogP contribution is -2.37. The Morgan fingerprint density at radius 3 is 2.52 bits per heavy atom. The van der Waals surface area contributed by atoms with Gasteiger partial charge in [0.2, 0.25) is 10.0 Å². The minimum Gasteiger partial charge on any atom is -0.496 e. The molecule has 0 heterocycles. The highest BCUT2D eigenvalue weighted by molar-refractivity contribution is 7.89. The number of benzene rings is 1. The first-order chi connectivity index (χ1) is 10.7. The van der Waals surface area contributed by atoms with Gasteiger partial charge in [0.15, 0.2) is 6.10 Å². The number of methoxy groups -OCH3 is 1. The summed E-state index contributed by atoms with van der Waals surface area (Å²) in [6, 6.07) is 3.71. The average molecular weight is 342 g/mol. The van der Waals surface area contributed by atoms with Crippen molar-refractivity contribution in [2.75, 3.05) is 7.11 Å². The van der Waals surface area contributed by atoms with E-state index < -0.39 is 28.0 Å².